The molecule has 0 saturated carbocycles. The van der Waals surface area contributed by atoms with Crippen molar-refractivity contribution in [2.24, 2.45) is 10.7 Å². The summed E-state index contributed by atoms with van der Waals surface area (Å²) in [7, 11) is 0. The largest absolute Gasteiger partial charge is 0.351 e. The molecule has 0 aromatic heterocycles. The number of hydrogen-bond donors (Lipinski definition) is 1. The smallest absolute Gasteiger partial charge is 0.320 e. The van der Waals surface area contributed by atoms with Crippen LogP contribution in [-0.4, -0.2) is 29.9 Å². The van der Waals surface area contributed by atoms with E-state index in [9.17, 15) is 4.79 Å². The Morgan fingerprint density at radius 1 is 0.955 bits per heavy atom. The minimum Gasteiger partial charge on any atom is -0.351 e. The van der Waals surface area contributed by atoms with Crippen LogP contribution in [0.5, 0.6) is 0 Å². The molecule has 4 heteroatoms. The number of unbranched alkanes of at least 4 members (excludes halogenated alkanes) is 11. The lowest BCUT2D eigenvalue weighted by molar-refractivity contribution is 0.232. The summed E-state index contributed by atoms with van der Waals surface area (Å²) in [6.45, 7) is 3.66. The number of urea groups is 1. The maximum Gasteiger partial charge on any atom is 0.320 e. The van der Waals surface area contributed by atoms with Gasteiger partial charge in [0, 0.05) is 13.0 Å². The highest BCUT2D eigenvalue weighted by atomic mass is 16.2. The van der Waals surface area contributed by atoms with Gasteiger partial charge in [0.2, 0.25) is 0 Å². The molecule has 0 aromatic carbocycles. The van der Waals surface area contributed by atoms with E-state index in [1.807, 2.05) is 0 Å². The summed E-state index contributed by atoms with van der Waals surface area (Å²) >= 11 is 0. The van der Waals surface area contributed by atoms with Crippen molar-refractivity contribution in [3.8, 4) is 0 Å². The number of carbonyl (C=O) groups is 1. The highest BCUT2D eigenvalue weighted by Gasteiger charge is 2.20. The Morgan fingerprint density at radius 3 is 1.95 bits per heavy atom. The number of aliphatic imine (C=N–C) groups is 1. The van der Waals surface area contributed by atoms with Gasteiger partial charge in [-0.2, -0.15) is 0 Å². The molecular formula is C18H35N3O. The molecular weight excluding hydrogens is 274 g/mol. The molecule has 1 heterocycles. The van der Waals surface area contributed by atoms with Gasteiger partial charge in [0.25, 0.3) is 0 Å². The summed E-state index contributed by atoms with van der Waals surface area (Å²) in [6.07, 6.45) is 17.1. The van der Waals surface area contributed by atoms with Crippen LogP contribution in [0.15, 0.2) is 4.99 Å². The summed E-state index contributed by atoms with van der Waals surface area (Å²) in [6, 6.07) is -0.352. The zero-order chi connectivity index (χ0) is 16.0. The minimum atomic E-state index is -0.352. The molecule has 0 aliphatic carbocycles. The summed E-state index contributed by atoms with van der Waals surface area (Å²) in [5.41, 5.74) is 5.33. The number of nitrogens with two attached hydrogens (primary N) is 1. The van der Waals surface area contributed by atoms with E-state index in [1.54, 1.807) is 4.90 Å². The van der Waals surface area contributed by atoms with E-state index < -0.39 is 0 Å². The van der Waals surface area contributed by atoms with E-state index >= 15 is 0 Å². The van der Waals surface area contributed by atoms with Gasteiger partial charge in [-0.1, -0.05) is 77.6 Å². The second-order valence-electron chi connectivity index (χ2n) is 6.43. The topological polar surface area (TPSA) is 58.7 Å². The third-order valence-corrected chi connectivity index (χ3v) is 4.45. The van der Waals surface area contributed by atoms with Crippen LogP contribution < -0.4 is 5.73 Å². The molecule has 0 fully saturated rings. The zero-order valence-corrected chi connectivity index (χ0v) is 14.5. The molecule has 22 heavy (non-hydrogen) atoms. The van der Waals surface area contributed by atoms with E-state index in [4.69, 9.17) is 5.73 Å². The first-order valence-corrected chi connectivity index (χ1v) is 9.36. The fraction of sp³-hybridized carbons (Fsp3) is 0.889. The molecule has 2 amide bonds. The fourth-order valence-electron chi connectivity index (χ4n) is 3.07. The van der Waals surface area contributed by atoms with Crippen molar-refractivity contribution in [1.29, 1.82) is 0 Å². The Balaban J connectivity index is 1.85. The Hall–Kier alpha value is -1.06. The van der Waals surface area contributed by atoms with E-state index in [0.717, 1.165) is 25.2 Å². The molecule has 4 nitrogen and oxygen atoms in total. The second-order valence-corrected chi connectivity index (χ2v) is 6.43. The van der Waals surface area contributed by atoms with Crippen LogP contribution in [0.2, 0.25) is 0 Å². The Morgan fingerprint density at radius 2 is 1.45 bits per heavy atom. The van der Waals surface area contributed by atoms with Gasteiger partial charge in [-0.3, -0.25) is 9.89 Å². The van der Waals surface area contributed by atoms with Crippen molar-refractivity contribution in [3.63, 3.8) is 0 Å². The van der Waals surface area contributed by atoms with Gasteiger partial charge in [-0.25, -0.2) is 4.79 Å². The Labute approximate surface area is 136 Å². The molecule has 128 valence electrons. The molecule has 0 unspecified atom stereocenters. The number of hydrogen-bond acceptors (Lipinski definition) is 2. The predicted molar refractivity (Wildman–Crippen MR) is 94.3 cm³/mol. The van der Waals surface area contributed by atoms with Crippen LogP contribution in [0.4, 0.5) is 4.79 Å². The van der Waals surface area contributed by atoms with Crippen LogP contribution in [0, 0.1) is 0 Å². The first-order valence-electron chi connectivity index (χ1n) is 9.36. The summed E-state index contributed by atoms with van der Waals surface area (Å²) in [5.74, 6) is 0.902. The molecule has 1 aliphatic rings. The quantitative estimate of drug-likeness (QED) is 0.485. The Bertz CT molecular complexity index is 328. The molecule has 2 N–H and O–H groups in total. The number of primary amides is 1. The molecule has 0 spiro atoms. The van der Waals surface area contributed by atoms with Gasteiger partial charge in [0.05, 0.1) is 6.54 Å². The standard InChI is InChI=1S/C18H35N3O/c1-2-3-4-5-6-7-8-9-10-11-12-13-14-17-20-15-16-21(17)18(19)22/h2-16H2,1H3,(H2,19,22). The van der Waals surface area contributed by atoms with Crippen LogP contribution in [0.3, 0.4) is 0 Å². The van der Waals surface area contributed by atoms with Crippen LogP contribution in [-0.2, 0) is 0 Å². The van der Waals surface area contributed by atoms with Gasteiger partial charge in [-0.15, -0.1) is 0 Å². The highest BCUT2D eigenvalue weighted by molar-refractivity contribution is 5.98. The van der Waals surface area contributed by atoms with E-state index in [2.05, 4.69) is 11.9 Å². The molecule has 0 bridgehead atoms. The highest BCUT2D eigenvalue weighted by Crippen LogP contribution is 2.14. The number of amides is 2. The number of carbonyl (C=O) groups excluding carboxylic acids is 1. The number of nitrogens with zero attached hydrogens (tertiary/aromatic N) is 2. The summed E-state index contributed by atoms with van der Waals surface area (Å²) in [5, 5.41) is 0. The zero-order valence-electron chi connectivity index (χ0n) is 14.5. The maximum atomic E-state index is 11.2. The maximum absolute atomic E-state index is 11.2. The van der Waals surface area contributed by atoms with Crippen molar-refractivity contribution in [2.45, 2.75) is 90.4 Å². The van der Waals surface area contributed by atoms with Gasteiger partial charge in [0.1, 0.15) is 5.84 Å². The first-order chi connectivity index (χ1) is 10.8. The van der Waals surface area contributed by atoms with Crippen molar-refractivity contribution in [1.82, 2.24) is 4.90 Å². The number of rotatable bonds is 13. The van der Waals surface area contributed by atoms with Crippen molar-refractivity contribution in [2.75, 3.05) is 13.1 Å². The molecule has 0 radical (unpaired) electrons. The third kappa shape index (κ3) is 8.40. The fourth-order valence-corrected chi connectivity index (χ4v) is 3.07. The molecule has 0 atom stereocenters. The van der Waals surface area contributed by atoms with Crippen LogP contribution >= 0.6 is 0 Å². The van der Waals surface area contributed by atoms with Gasteiger partial charge in [-0.05, 0) is 6.42 Å². The van der Waals surface area contributed by atoms with Crippen LogP contribution in [0.25, 0.3) is 0 Å². The normalized spacial score (nSPS) is 14.4. The summed E-state index contributed by atoms with van der Waals surface area (Å²) in [4.78, 5) is 17.2. The average Bonchev–Trinajstić information content (AvgIpc) is 2.97. The van der Waals surface area contributed by atoms with Crippen molar-refractivity contribution < 1.29 is 4.79 Å². The molecule has 1 rings (SSSR count). The van der Waals surface area contributed by atoms with Gasteiger partial charge < -0.3 is 5.73 Å². The molecule has 0 saturated heterocycles. The third-order valence-electron chi connectivity index (χ3n) is 4.45. The molecule has 1 aliphatic heterocycles. The lowest BCUT2D eigenvalue weighted by Crippen LogP contribution is -2.38. The van der Waals surface area contributed by atoms with Gasteiger partial charge >= 0.3 is 6.03 Å². The lowest BCUT2D eigenvalue weighted by atomic mass is 10.0. The van der Waals surface area contributed by atoms with Crippen LogP contribution in [0.1, 0.15) is 90.4 Å². The first kappa shape index (κ1) is 19.0. The van der Waals surface area contributed by atoms with Crippen molar-refractivity contribution >= 4 is 11.9 Å². The van der Waals surface area contributed by atoms with Gasteiger partial charge in [0.15, 0.2) is 0 Å². The SMILES string of the molecule is CCCCCCCCCCCCCCC1=NCCN1C(N)=O. The second kappa shape index (κ2) is 12.5. The van der Waals surface area contributed by atoms with E-state index in [0.29, 0.717) is 6.54 Å². The lowest BCUT2D eigenvalue weighted by Gasteiger charge is -2.15. The summed E-state index contributed by atoms with van der Waals surface area (Å²) < 4.78 is 0. The Kier molecular flexibility index (Phi) is 10.8. The average molecular weight is 309 g/mol. The minimum absolute atomic E-state index is 0.352. The predicted octanol–water partition coefficient (Wildman–Crippen LogP) is 4.87. The van der Waals surface area contributed by atoms with E-state index in [-0.39, 0.29) is 6.03 Å². The monoisotopic (exact) mass is 309 g/mol. The molecule has 0 aromatic rings. The van der Waals surface area contributed by atoms with Crippen molar-refractivity contribution in [3.05, 3.63) is 0 Å². The number of amidine groups is 1. The van der Waals surface area contributed by atoms with E-state index in [1.165, 1.54) is 70.6 Å².